The average molecular weight is 295 g/mol. The van der Waals surface area contributed by atoms with Crippen LogP contribution in [0.15, 0.2) is 22.3 Å². The number of hydrogen-bond acceptors (Lipinski definition) is 8. The first-order chi connectivity index (χ1) is 9.51. The van der Waals surface area contributed by atoms with Crippen LogP contribution in [0.3, 0.4) is 0 Å². The zero-order chi connectivity index (χ0) is 14.7. The molecule has 2 aromatic heterocycles. The predicted octanol–water partition coefficient (Wildman–Crippen LogP) is 1.35. The monoisotopic (exact) mass is 295 g/mol. The maximum atomic E-state index is 11.4. The second-order valence-corrected chi connectivity index (χ2v) is 4.53. The summed E-state index contributed by atoms with van der Waals surface area (Å²) in [4.78, 5) is 29.7. The van der Waals surface area contributed by atoms with Crippen molar-refractivity contribution in [3.05, 3.63) is 33.8 Å². The lowest BCUT2D eigenvalue weighted by Crippen LogP contribution is -2.06. The Morgan fingerprint density at radius 3 is 2.75 bits per heavy atom. The van der Waals surface area contributed by atoms with E-state index >= 15 is 0 Å². The SMILES string of the molecule is COC(=O)c1ccc([N+](=O)[O-])c(Sc2n[nH]c(C)n2)n1. The molecule has 0 radical (unpaired) electrons. The third-order valence-electron chi connectivity index (χ3n) is 2.20. The summed E-state index contributed by atoms with van der Waals surface area (Å²) in [6.07, 6.45) is 0. The highest BCUT2D eigenvalue weighted by Gasteiger charge is 2.21. The van der Waals surface area contributed by atoms with Gasteiger partial charge in [-0.3, -0.25) is 15.2 Å². The Hall–Kier alpha value is -2.49. The molecule has 0 fully saturated rings. The summed E-state index contributed by atoms with van der Waals surface area (Å²) >= 11 is 0.891. The standard InChI is InChI=1S/C10H9N5O4S/c1-5-11-10(14-13-5)20-8-7(15(17)18)4-3-6(12-8)9(16)19-2/h3-4H,1-2H3,(H,11,13,14). The number of hydrogen-bond donors (Lipinski definition) is 1. The second kappa shape index (κ2) is 5.65. The Bertz CT molecular complexity index is 671. The maximum Gasteiger partial charge on any atom is 0.356 e. The van der Waals surface area contributed by atoms with E-state index in [9.17, 15) is 14.9 Å². The van der Waals surface area contributed by atoms with Crippen molar-refractivity contribution in [1.29, 1.82) is 0 Å². The highest BCUT2D eigenvalue weighted by Crippen LogP contribution is 2.31. The zero-order valence-electron chi connectivity index (χ0n) is 10.5. The van der Waals surface area contributed by atoms with Gasteiger partial charge in [-0.1, -0.05) is 0 Å². The number of aryl methyl sites for hydroxylation is 1. The molecule has 2 heterocycles. The van der Waals surface area contributed by atoms with Gasteiger partial charge < -0.3 is 4.74 Å². The molecule has 2 aromatic rings. The van der Waals surface area contributed by atoms with Gasteiger partial charge in [0.05, 0.1) is 12.0 Å². The molecule has 0 saturated carbocycles. The van der Waals surface area contributed by atoms with Crippen LogP contribution < -0.4 is 0 Å². The molecule has 0 bridgehead atoms. The number of nitro groups is 1. The fourth-order valence-corrected chi connectivity index (χ4v) is 2.16. The van der Waals surface area contributed by atoms with E-state index in [1.165, 1.54) is 19.2 Å². The highest BCUT2D eigenvalue weighted by molar-refractivity contribution is 7.99. The van der Waals surface area contributed by atoms with E-state index in [4.69, 9.17) is 0 Å². The highest BCUT2D eigenvalue weighted by atomic mass is 32.2. The summed E-state index contributed by atoms with van der Waals surface area (Å²) in [7, 11) is 1.21. The number of nitrogens with one attached hydrogen (secondary N) is 1. The Balaban J connectivity index is 2.41. The first-order valence-corrected chi connectivity index (χ1v) is 6.13. The third kappa shape index (κ3) is 2.91. The number of H-pyrrole nitrogens is 1. The van der Waals surface area contributed by atoms with Crippen molar-refractivity contribution in [3.63, 3.8) is 0 Å². The summed E-state index contributed by atoms with van der Waals surface area (Å²) in [5, 5.41) is 17.7. The lowest BCUT2D eigenvalue weighted by molar-refractivity contribution is -0.388. The molecule has 0 atom stereocenters. The van der Waals surface area contributed by atoms with Crippen LogP contribution in [0.1, 0.15) is 16.3 Å². The number of rotatable bonds is 4. The number of aromatic nitrogens is 4. The summed E-state index contributed by atoms with van der Waals surface area (Å²) in [5.74, 6) is -0.104. The van der Waals surface area contributed by atoms with E-state index in [1.54, 1.807) is 6.92 Å². The molecule has 2 rings (SSSR count). The quantitative estimate of drug-likeness (QED) is 0.509. The molecule has 0 spiro atoms. The van der Waals surface area contributed by atoms with Gasteiger partial charge >= 0.3 is 11.7 Å². The number of pyridine rings is 1. The molecule has 10 heteroatoms. The van der Waals surface area contributed by atoms with E-state index < -0.39 is 10.9 Å². The van der Waals surface area contributed by atoms with Gasteiger partial charge in [-0.25, -0.2) is 14.8 Å². The summed E-state index contributed by atoms with van der Waals surface area (Å²) < 4.78 is 4.53. The van der Waals surface area contributed by atoms with Crippen molar-refractivity contribution in [1.82, 2.24) is 20.2 Å². The van der Waals surface area contributed by atoms with Crippen LogP contribution in [0.2, 0.25) is 0 Å². The third-order valence-corrected chi connectivity index (χ3v) is 3.05. The van der Waals surface area contributed by atoms with Crippen LogP contribution in [0, 0.1) is 17.0 Å². The molecule has 1 N–H and O–H groups in total. The number of ether oxygens (including phenoxy) is 1. The first kappa shape index (κ1) is 13.9. The van der Waals surface area contributed by atoms with Gasteiger partial charge in [0.1, 0.15) is 11.5 Å². The van der Waals surface area contributed by atoms with Crippen LogP contribution in [0.4, 0.5) is 5.69 Å². The van der Waals surface area contributed by atoms with E-state index in [-0.39, 0.29) is 21.6 Å². The number of carbonyl (C=O) groups is 1. The number of carbonyl (C=O) groups excluding carboxylic acids is 1. The molecule has 20 heavy (non-hydrogen) atoms. The van der Waals surface area contributed by atoms with E-state index in [1.807, 2.05) is 0 Å². The topological polar surface area (TPSA) is 124 Å². The van der Waals surface area contributed by atoms with Crippen molar-refractivity contribution >= 4 is 23.4 Å². The lowest BCUT2D eigenvalue weighted by Gasteiger charge is -2.02. The first-order valence-electron chi connectivity index (χ1n) is 5.32. The van der Waals surface area contributed by atoms with E-state index in [0.29, 0.717) is 5.82 Å². The van der Waals surface area contributed by atoms with Crippen LogP contribution >= 0.6 is 11.8 Å². The van der Waals surface area contributed by atoms with Crippen molar-refractivity contribution in [2.45, 2.75) is 17.1 Å². The molecular formula is C10H9N5O4S. The lowest BCUT2D eigenvalue weighted by atomic mass is 10.3. The molecular weight excluding hydrogens is 286 g/mol. The van der Waals surface area contributed by atoms with Gasteiger partial charge in [0.2, 0.25) is 5.16 Å². The zero-order valence-corrected chi connectivity index (χ0v) is 11.3. The largest absolute Gasteiger partial charge is 0.464 e. The molecule has 9 nitrogen and oxygen atoms in total. The van der Waals surface area contributed by atoms with Crippen molar-refractivity contribution < 1.29 is 14.5 Å². The molecule has 0 aromatic carbocycles. The minimum Gasteiger partial charge on any atom is -0.464 e. The molecule has 0 aliphatic heterocycles. The average Bonchev–Trinajstić information content (AvgIpc) is 2.82. The fourth-order valence-electron chi connectivity index (χ4n) is 1.32. The molecule has 0 unspecified atom stereocenters. The smallest absolute Gasteiger partial charge is 0.356 e. The van der Waals surface area contributed by atoms with Gasteiger partial charge in [-0.05, 0) is 24.8 Å². The Kier molecular flexibility index (Phi) is 3.94. The van der Waals surface area contributed by atoms with Crippen molar-refractivity contribution in [2.24, 2.45) is 0 Å². The van der Waals surface area contributed by atoms with Gasteiger partial charge in [0.15, 0.2) is 5.03 Å². The van der Waals surface area contributed by atoms with Crippen molar-refractivity contribution in [2.75, 3.05) is 7.11 Å². The summed E-state index contributed by atoms with van der Waals surface area (Å²) in [5.41, 5.74) is -0.252. The van der Waals surface area contributed by atoms with Crippen LogP contribution in [-0.2, 0) is 4.74 Å². The Morgan fingerprint density at radius 1 is 1.45 bits per heavy atom. The summed E-state index contributed by atoms with van der Waals surface area (Å²) in [6, 6.07) is 2.43. The van der Waals surface area contributed by atoms with E-state index in [2.05, 4.69) is 24.9 Å². The van der Waals surface area contributed by atoms with Gasteiger partial charge in [-0.2, -0.15) is 0 Å². The Morgan fingerprint density at radius 2 is 2.20 bits per heavy atom. The van der Waals surface area contributed by atoms with Gasteiger partial charge in [0.25, 0.3) is 0 Å². The number of nitrogens with zero attached hydrogens (tertiary/aromatic N) is 4. The Labute approximate surface area is 116 Å². The molecule has 0 saturated heterocycles. The fraction of sp³-hybridized carbons (Fsp3) is 0.200. The molecule has 104 valence electrons. The number of esters is 1. The molecule has 0 aliphatic rings. The molecule has 0 amide bonds. The van der Waals surface area contributed by atoms with Crippen molar-refractivity contribution in [3.8, 4) is 0 Å². The van der Waals surface area contributed by atoms with Crippen LogP contribution in [0.5, 0.6) is 0 Å². The summed E-state index contributed by atoms with van der Waals surface area (Å²) in [6.45, 7) is 1.70. The van der Waals surface area contributed by atoms with E-state index in [0.717, 1.165) is 11.8 Å². The van der Waals surface area contributed by atoms with Crippen LogP contribution in [-0.4, -0.2) is 38.2 Å². The van der Waals surface area contributed by atoms with Gasteiger partial charge in [-0.15, -0.1) is 5.10 Å². The maximum absolute atomic E-state index is 11.4. The minimum atomic E-state index is -0.673. The predicted molar refractivity (Wildman–Crippen MR) is 67.5 cm³/mol. The van der Waals surface area contributed by atoms with Crippen LogP contribution in [0.25, 0.3) is 0 Å². The molecule has 0 aliphatic carbocycles. The number of aromatic amines is 1. The second-order valence-electron chi connectivity index (χ2n) is 3.57. The van der Waals surface area contributed by atoms with Gasteiger partial charge in [0, 0.05) is 6.07 Å². The minimum absolute atomic E-state index is 0.0205. The number of methoxy groups -OCH3 is 1. The normalized spacial score (nSPS) is 10.3.